The van der Waals surface area contributed by atoms with Gasteiger partial charge in [0.25, 0.3) is 11.8 Å². The van der Waals surface area contributed by atoms with Gasteiger partial charge in [-0.15, -0.1) is 0 Å². The molecule has 0 radical (unpaired) electrons. The zero-order valence-electron chi connectivity index (χ0n) is 13.6. The number of benzene rings is 1. The minimum absolute atomic E-state index is 0.116. The molecule has 3 rings (SSSR count). The minimum Gasteiger partial charge on any atom is -0.326 e. The van der Waals surface area contributed by atoms with E-state index in [1.54, 1.807) is 0 Å². The molecule has 2 N–H and O–H groups in total. The van der Waals surface area contributed by atoms with Crippen LogP contribution < -0.4 is 10.6 Å². The summed E-state index contributed by atoms with van der Waals surface area (Å²) in [6.07, 6.45) is 1.79. The summed E-state index contributed by atoms with van der Waals surface area (Å²) in [6.45, 7) is 1.98. The Morgan fingerprint density at radius 1 is 1.20 bits per heavy atom. The van der Waals surface area contributed by atoms with Gasteiger partial charge in [-0.25, -0.2) is 0 Å². The molecule has 0 saturated carbocycles. The van der Waals surface area contributed by atoms with E-state index in [1.807, 2.05) is 6.92 Å². The predicted molar refractivity (Wildman–Crippen MR) is 86.7 cm³/mol. The van der Waals surface area contributed by atoms with Gasteiger partial charge in [-0.1, -0.05) is 13.3 Å². The van der Waals surface area contributed by atoms with E-state index < -0.39 is 29.7 Å². The molecule has 1 saturated heterocycles. The number of fused-ring (bicyclic) bond motifs is 1. The molecule has 1 aromatic rings. The van der Waals surface area contributed by atoms with Crippen LogP contribution in [-0.4, -0.2) is 40.5 Å². The van der Waals surface area contributed by atoms with Gasteiger partial charge in [-0.2, -0.15) is 0 Å². The Kier molecular flexibility index (Phi) is 4.35. The minimum atomic E-state index is -1.12. The van der Waals surface area contributed by atoms with E-state index in [4.69, 9.17) is 0 Å². The number of imide groups is 2. The number of carbonyl (C=O) groups excluding carboxylic acids is 5. The van der Waals surface area contributed by atoms with Crippen molar-refractivity contribution in [3.8, 4) is 0 Å². The van der Waals surface area contributed by atoms with Gasteiger partial charge in [0.05, 0.1) is 17.5 Å². The van der Waals surface area contributed by atoms with Crippen LogP contribution in [0.4, 0.5) is 5.69 Å². The van der Waals surface area contributed by atoms with Gasteiger partial charge in [0.15, 0.2) is 0 Å². The second kappa shape index (κ2) is 6.46. The molecule has 2 aliphatic heterocycles. The molecule has 25 heavy (non-hydrogen) atoms. The van der Waals surface area contributed by atoms with Crippen LogP contribution >= 0.6 is 0 Å². The monoisotopic (exact) mass is 343 g/mol. The molecule has 1 unspecified atom stereocenters. The van der Waals surface area contributed by atoms with Crippen molar-refractivity contribution in [2.24, 2.45) is 0 Å². The molecular weight excluding hydrogens is 326 g/mol. The second-order valence-electron chi connectivity index (χ2n) is 6.02. The molecule has 5 amide bonds. The molecule has 8 heteroatoms. The Morgan fingerprint density at radius 2 is 1.92 bits per heavy atom. The molecule has 2 heterocycles. The topological polar surface area (TPSA) is 113 Å². The fraction of sp³-hybridized carbons (Fsp3) is 0.353. The van der Waals surface area contributed by atoms with Crippen LogP contribution in [0.15, 0.2) is 18.2 Å². The van der Waals surface area contributed by atoms with Crippen molar-refractivity contribution in [2.45, 2.75) is 38.6 Å². The van der Waals surface area contributed by atoms with Gasteiger partial charge in [-0.05, 0) is 24.6 Å². The number of nitrogens with zero attached hydrogens (tertiary/aromatic N) is 1. The number of amides is 5. The largest absolute Gasteiger partial charge is 0.326 e. The van der Waals surface area contributed by atoms with Crippen molar-refractivity contribution in [1.29, 1.82) is 0 Å². The van der Waals surface area contributed by atoms with Crippen molar-refractivity contribution < 1.29 is 24.0 Å². The highest BCUT2D eigenvalue weighted by Gasteiger charge is 2.46. The summed E-state index contributed by atoms with van der Waals surface area (Å²) in [6, 6.07) is 3.29. The lowest BCUT2D eigenvalue weighted by molar-refractivity contribution is -0.126. The fourth-order valence-electron chi connectivity index (χ4n) is 2.93. The van der Waals surface area contributed by atoms with Crippen LogP contribution in [0.3, 0.4) is 0 Å². The van der Waals surface area contributed by atoms with Gasteiger partial charge in [0.1, 0.15) is 6.04 Å². The number of rotatable bonds is 5. The van der Waals surface area contributed by atoms with Crippen molar-refractivity contribution in [3.63, 3.8) is 0 Å². The average molecular weight is 343 g/mol. The summed E-state index contributed by atoms with van der Waals surface area (Å²) < 4.78 is 0. The van der Waals surface area contributed by atoms with E-state index in [2.05, 4.69) is 10.6 Å². The van der Waals surface area contributed by atoms with Gasteiger partial charge in [0.2, 0.25) is 17.7 Å². The van der Waals surface area contributed by atoms with Crippen LogP contribution in [0.25, 0.3) is 0 Å². The maximum absolute atomic E-state index is 12.6. The third-order valence-corrected chi connectivity index (χ3v) is 4.21. The molecule has 1 atom stereocenters. The fourth-order valence-corrected chi connectivity index (χ4v) is 2.93. The number of anilines is 1. The van der Waals surface area contributed by atoms with Crippen LogP contribution in [-0.2, 0) is 14.4 Å². The quantitative estimate of drug-likeness (QED) is 0.769. The zero-order valence-corrected chi connectivity index (χ0v) is 13.6. The van der Waals surface area contributed by atoms with E-state index >= 15 is 0 Å². The molecule has 0 bridgehead atoms. The zero-order chi connectivity index (χ0) is 18.1. The van der Waals surface area contributed by atoms with Crippen molar-refractivity contribution in [2.75, 3.05) is 5.32 Å². The van der Waals surface area contributed by atoms with Gasteiger partial charge in [0, 0.05) is 12.1 Å². The van der Waals surface area contributed by atoms with E-state index in [-0.39, 0.29) is 23.5 Å². The number of carbonyl (C=O) groups is 5. The molecule has 0 aromatic heterocycles. The van der Waals surface area contributed by atoms with Crippen molar-refractivity contribution in [1.82, 2.24) is 10.2 Å². The summed E-state index contributed by atoms with van der Waals surface area (Å²) in [5.74, 6) is -2.60. The Bertz CT molecular complexity index is 801. The first-order valence-corrected chi connectivity index (χ1v) is 8.08. The first-order valence-electron chi connectivity index (χ1n) is 8.08. The Hall–Kier alpha value is -3.03. The summed E-state index contributed by atoms with van der Waals surface area (Å²) in [5, 5.41) is 4.78. The third-order valence-electron chi connectivity index (χ3n) is 4.21. The predicted octanol–water partition coefficient (Wildman–Crippen LogP) is 0.826. The Labute approximate surface area is 143 Å². The highest BCUT2D eigenvalue weighted by Crippen LogP contribution is 2.29. The van der Waals surface area contributed by atoms with Gasteiger partial charge < -0.3 is 5.32 Å². The van der Waals surface area contributed by atoms with E-state index in [0.29, 0.717) is 12.1 Å². The number of hydrogen-bond acceptors (Lipinski definition) is 5. The molecule has 8 nitrogen and oxygen atoms in total. The smallest absolute Gasteiger partial charge is 0.262 e. The first-order chi connectivity index (χ1) is 11.9. The number of hydrogen-bond donors (Lipinski definition) is 2. The van der Waals surface area contributed by atoms with Crippen LogP contribution in [0.5, 0.6) is 0 Å². The van der Waals surface area contributed by atoms with E-state index in [9.17, 15) is 24.0 Å². The maximum atomic E-state index is 12.6. The number of unbranched alkanes of at least 4 members (excludes halogenated alkanes) is 1. The molecule has 1 aromatic carbocycles. The van der Waals surface area contributed by atoms with Gasteiger partial charge >= 0.3 is 0 Å². The summed E-state index contributed by atoms with van der Waals surface area (Å²) in [7, 11) is 0. The van der Waals surface area contributed by atoms with E-state index in [0.717, 1.165) is 17.7 Å². The third kappa shape index (κ3) is 3.02. The molecule has 2 aliphatic rings. The van der Waals surface area contributed by atoms with Crippen molar-refractivity contribution in [3.05, 3.63) is 29.3 Å². The Balaban J connectivity index is 1.82. The molecular formula is C17H17N3O5. The SMILES string of the molecule is CCCCC(=O)Nc1ccc2c(c1)C(=O)N(C1CC(=O)NC1=O)C2=O. The van der Waals surface area contributed by atoms with E-state index in [1.165, 1.54) is 18.2 Å². The lowest BCUT2D eigenvalue weighted by atomic mass is 10.1. The maximum Gasteiger partial charge on any atom is 0.262 e. The first kappa shape index (κ1) is 16.8. The van der Waals surface area contributed by atoms with Crippen LogP contribution in [0, 0.1) is 0 Å². The Morgan fingerprint density at radius 3 is 2.56 bits per heavy atom. The normalized spacial score (nSPS) is 19.2. The lowest BCUT2D eigenvalue weighted by Crippen LogP contribution is -2.44. The molecule has 0 spiro atoms. The number of nitrogens with one attached hydrogen (secondary N) is 2. The van der Waals surface area contributed by atoms with Gasteiger partial charge in [-0.3, -0.25) is 34.2 Å². The molecule has 1 fully saturated rings. The highest BCUT2D eigenvalue weighted by atomic mass is 16.2. The average Bonchev–Trinajstić information content (AvgIpc) is 3.02. The summed E-state index contributed by atoms with van der Waals surface area (Å²) in [4.78, 5) is 60.8. The van der Waals surface area contributed by atoms with Crippen LogP contribution in [0.2, 0.25) is 0 Å². The van der Waals surface area contributed by atoms with Crippen LogP contribution in [0.1, 0.15) is 53.3 Å². The van der Waals surface area contributed by atoms with Crippen molar-refractivity contribution >= 4 is 35.2 Å². The molecule has 130 valence electrons. The second-order valence-corrected chi connectivity index (χ2v) is 6.02. The molecule has 0 aliphatic carbocycles. The lowest BCUT2D eigenvalue weighted by Gasteiger charge is -2.18. The standard InChI is InChI=1S/C17H17N3O5/c1-2-3-4-13(21)18-9-5-6-10-11(7-9)17(25)20(16(10)24)12-8-14(22)19-15(12)23/h5-7,12H,2-4,8H2,1H3,(H,18,21)(H,19,22,23). The summed E-state index contributed by atoms with van der Waals surface area (Å²) >= 11 is 0. The summed E-state index contributed by atoms with van der Waals surface area (Å²) in [5.41, 5.74) is 0.684. The highest BCUT2D eigenvalue weighted by molar-refractivity contribution is 6.24.